The second kappa shape index (κ2) is 3.36. The van der Waals surface area contributed by atoms with E-state index in [1.807, 2.05) is 18.2 Å². The molecule has 0 spiro atoms. The summed E-state index contributed by atoms with van der Waals surface area (Å²) in [5.74, 6) is 0.376. The van der Waals surface area contributed by atoms with Crippen molar-refractivity contribution in [3.8, 4) is 0 Å². The smallest absolute Gasteiger partial charge is 0.0350 e. The number of anilines is 1. The minimum absolute atomic E-state index is 0.199. The molecule has 70 valence electrons. The standard InChI is InChI=1S/C10H15N3/c11-9-4-2-1-3-7(9)8-5-13-6-10(8)12/h1-4,8,10,13H,5-6,11-12H2. The molecule has 1 aliphatic heterocycles. The Hall–Kier alpha value is -1.06. The van der Waals surface area contributed by atoms with E-state index in [1.165, 1.54) is 5.56 Å². The van der Waals surface area contributed by atoms with Gasteiger partial charge in [-0.05, 0) is 11.6 Å². The lowest BCUT2D eigenvalue weighted by Crippen LogP contribution is -2.27. The number of rotatable bonds is 1. The highest BCUT2D eigenvalue weighted by atomic mass is 15.0. The molecule has 0 aliphatic carbocycles. The molecule has 1 heterocycles. The number of nitrogen functional groups attached to an aromatic ring is 1. The van der Waals surface area contributed by atoms with Crippen molar-refractivity contribution in [1.29, 1.82) is 0 Å². The van der Waals surface area contributed by atoms with Crippen LogP contribution >= 0.6 is 0 Å². The Bertz CT molecular complexity index is 298. The average Bonchev–Trinajstić information content (AvgIpc) is 2.52. The van der Waals surface area contributed by atoms with Gasteiger partial charge in [0.1, 0.15) is 0 Å². The first-order valence-corrected chi connectivity index (χ1v) is 4.59. The monoisotopic (exact) mass is 177 g/mol. The molecule has 0 radical (unpaired) electrons. The molecule has 3 heteroatoms. The normalized spacial score (nSPS) is 27.8. The topological polar surface area (TPSA) is 64.1 Å². The zero-order valence-corrected chi connectivity index (χ0v) is 7.53. The molecule has 0 aromatic heterocycles. The fourth-order valence-corrected chi connectivity index (χ4v) is 1.89. The van der Waals surface area contributed by atoms with E-state index in [0.717, 1.165) is 18.8 Å². The number of hydrogen-bond acceptors (Lipinski definition) is 3. The molecule has 0 bridgehead atoms. The molecular formula is C10H15N3. The van der Waals surface area contributed by atoms with Crippen molar-refractivity contribution in [3.05, 3.63) is 29.8 Å². The van der Waals surface area contributed by atoms with Gasteiger partial charge in [-0.15, -0.1) is 0 Å². The molecule has 0 amide bonds. The van der Waals surface area contributed by atoms with Gasteiger partial charge in [0.2, 0.25) is 0 Å². The van der Waals surface area contributed by atoms with Gasteiger partial charge in [0.15, 0.2) is 0 Å². The Balaban J connectivity index is 2.29. The molecule has 3 nitrogen and oxygen atoms in total. The Labute approximate surface area is 78.1 Å². The lowest BCUT2D eigenvalue weighted by molar-refractivity contribution is 0.655. The molecule has 2 rings (SSSR count). The highest BCUT2D eigenvalue weighted by Gasteiger charge is 2.26. The van der Waals surface area contributed by atoms with Crippen LogP contribution in [0.4, 0.5) is 5.69 Å². The average molecular weight is 177 g/mol. The van der Waals surface area contributed by atoms with Crippen LogP contribution in [-0.4, -0.2) is 19.1 Å². The molecule has 1 saturated heterocycles. The largest absolute Gasteiger partial charge is 0.398 e. The number of nitrogens with two attached hydrogens (primary N) is 2. The molecule has 5 N–H and O–H groups in total. The van der Waals surface area contributed by atoms with Crippen LogP contribution in [0.15, 0.2) is 24.3 Å². The number of benzene rings is 1. The lowest BCUT2D eigenvalue weighted by Gasteiger charge is -2.16. The van der Waals surface area contributed by atoms with Crippen molar-refractivity contribution in [3.63, 3.8) is 0 Å². The quantitative estimate of drug-likeness (QED) is 0.540. The van der Waals surface area contributed by atoms with Crippen LogP contribution in [0, 0.1) is 0 Å². The van der Waals surface area contributed by atoms with Crippen LogP contribution in [0.3, 0.4) is 0 Å². The maximum absolute atomic E-state index is 5.96. The lowest BCUT2D eigenvalue weighted by atomic mass is 9.94. The van der Waals surface area contributed by atoms with E-state index in [-0.39, 0.29) is 6.04 Å². The molecule has 1 aromatic rings. The molecule has 1 aliphatic rings. The maximum atomic E-state index is 5.96. The summed E-state index contributed by atoms with van der Waals surface area (Å²) in [7, 11) is 0. The first-order chi connectivity index (χ1) is 6.29. The van der Waals surface area contributed by atoms with Gasteiger partial charge >= 0.3 is 0 Å². The van der Waals surface area contributed by atoms with E-state index < -0.39 is 0 Å². The molecule has 1 fully saturated rings. The van der Waals surface area contributed by atoms with Gasteiger partial charge in [-0.25, -0.2) is 0 Å². The minimum Gasteiger partial charge on any atom is -0.398 e. The van der Waals surface area contributed by atoms with Crippen LogP contribution in [0.1, 0.15) is 11.5 Å². The van der Waals surface area contributed by atoms with Crippen LogP contribution in [0.2, 0.25) is 0 Å². The van der Waals surface area contributed by atoms with Gasteiger partial charge in [-0.3, -0.25) is 0 Å². The summed E-state index contributed by atoms with van der Waals surface area (Å²) in [6.45, 7) is 1.83. The third kappa shape index (κ3) is 1.53. The molecule has 2 unspecified atom stereocenters. The number of para-hydroxylation sites is 1. The van der Waals surface area contributed by atoms with Crippen molar-refractivity contribution < 1.29 is 0 Å². The summed E-state index contributed by atoms with van der Waals surface area (Å²) in [6.07, 6.45) is 0. The van der Waals surface area contributed by atoms with Gasteiger partial charge in [0.05, 0.1) is 0 Å². The summed E-state index contributed by atoms with van der Waals surface area (Å²) in [4.78, 5) is 0. The zero-order valence-electron chi connectivity index (χ0n) is 7.53. The van der Waals surface area contributed by atoms with Crippen LogP contribution in [0.5, 0.6) is 0 Å². The van der Waals surface area contributed by atoms with Crippen molar-refractivity contribution in [2.24, 2.45) is 5.73 Å². The minimum atomic E-state index is 0.199. The second-order valence-corrected chi connectivity index (χ2v) is 3.56. The van der Waals surface area contributed by atoms with E-state index in [1.54, 1.807) is 0 Å². The van der Waals surface area contributed by atoms with E-state index in [2.05, 4.69) is 11.4 Å². The highest BCUT2D eigenvalue weighted by Crippen LogP contribution is 2.26. The molecule has 2 atom stereocenters. The van der Waals surface area contributed by atoms with Gasteiger partial charge < -0.3 is 16.8 Å². The highest BCUT2D eigenvalue weighted by molar-refractivity contribution is 5.49. The van der Waals surface area contributed by atoms with E-state index in [4.69, 9.17) is 11.5 Å². The molecule has 1 aromatic carbocycles. The number of nitrogens with one attached hydrogen (secondary N) is 1. The number of hydrogen-bond donors (Lipinski definition) is 3. The fraction of sp³-hybridized carbons (Fsp3) is 0.400. The Morgan fingerprint density at radius 3 is 2.62 bits per heavy atom. The van der Waals surface area contributed by atoms with Crippen LogP contribution < -0.4 is 16.8 Å². The summed E-state index contributed by atoms with van der Waals surface area (Å²) >= 11 is 0. The predicted octanol–water partition coefficient (Wildman–Crippen LogP) is 0.283. The van der Waals surface area contributed by atoms with Crippen molar-refractivity contribution in [2.45, 2.75) is 12.0 Å². The van der Waals surface area contributed by atoms with Gasteiger partial charge in [0.25, 0.3) is 0 Å². The predicted molar refractivity (Wildman–Crippen MR) is 54.4 cm³/mol. The Morgan fingerprint density at radius 2 is 2.00 bits per heavy atom. The molecular weight excluding hydrogens is 162 g/mol. The summed E-state index contributed by atoms with van der Waals surface area (Å²) < 4.78 is 0. The van der Waals surface area contributed by atoms with Crippen LogP contribution in [0.25, 0.3) is 0 Å². The molecule has 0 saturated carbocycles. The van der Waals surface area contributed by atoms with E-state index in [9.17, 15) is 0 Å². The van der Waals surface area contributed by atoms with E-state index in [0.29, 0.717) is 5.92 Å². The van der Waals surface area contributed by atoms with Crippen molar-refractivity contribution >= 4 is 5.69 Å². The van der Waals surface area contributed by atoms with Crippen molar-refractivity contribution in [1.82, 2.24) is 5.32 Å². The summed E-state index contributed by atoms with van der Waals surface area (Å²) in [6, 6.07) is 8.15. The first-order valence-electron chi connectivity index (χ1n) is 4.59. The van der Waals surface area contributed by atoms with E-state index >= 15 is 0 Å². The first kappa shape index (κ1) is 8.53. The SMILES string of the molecule is Nc1ccccc1C1CNCC1N. The Morgan fingerprint density at radius 1 is 1.23 bits per heavy atom. The zero-order chi connectivity index (χ0) is 9.26. The maximum Gasteiger partial charge on any atom is 0.0350 e. The van der Waals surface area contributed by atoms with Crippen molar-refractivity contribution in [2.75, 3.05) is 18.8 Å². The fourth-order valence-electron chi connectivity index (χ4n) is 1.89. The second-order valence-electron chi connectivity index (χ2n) is 3.56. The third-order valence-corrected chi connectivity index (χ3v) is 2.66. The Kier molecular flexibility index (Phi) is 2.20. The van der Waals surface area contributed by atoms with Gasteiger partial charge in [0, 0.05) is 30.7 Å². The van der Waals surface area contributed by atoms with Gasteiger partial charge in [-0.1, -0.05) is 18.2 Å². The van der Waals surface area contributed by atoms with Gasteiger partial charge in [-0.2, -0.15) is 0 Å². The summed E-state index contributed by atoms with van der Waals surface area (Å²) in [5, 5.41) is 3.27. The molecule has 13 heavy (non-hydrogen) atoms. The van der Waals surface area contributed by atoms with Crippen LogP contribution in [-0.2, 0) is 0 Å². The third-order valence-electron chi connectivity index (χ3n) is 2.66. The summed E-state index contributed by atoms with van der Waals surface area (Å²) in [5.41, 5.74) is 13.9.